The maximum Gasteiger partial charge on any atom is 0.470 e. The molecule has 2 aromatic heterocycles. The molecule has 0 spiro atoms. The van der Waals surface area contributed by atoms with Gasteiger partial charge in [-0.3, -0.25) is 4.90 Å². The lowest BCUT2D eigenvalue weighted by Crippen LogP contribution is -2.34. The van der Waals surface area contributed by atoms with Gasteiger partial charge in [0.2, 0.25) is 5.89 Å². The number of aromatic nitrogens is 4. The van der Waals surface area contributed by atoms with Gasteiger partial charge in [0.05, 0.1) is 25.5 Å². The second kappa shape index (κ2) is 6.70. The minimum Gasteiger partial charge on any atom is -0.463 e. The molecule has 0 radical (unpaired) electrons. The molecule has 1 aliphatic heterocycles. The van der Waals surface area contributed by atoms with E-state index in [1.54, 1.807) is 0 Å². The lowest BCUT2D eigenvalue weighted by Gasteiger charge is -2.28. The van der Waals surface area contributed by atoms with Gasteiger partial charge in [0.25, 0.3) is 0 Å². The van der Waals surface area contributed by atoms with E-state index in [0.717, 1.165) is 38.2 Å². The molecule has 0 amide bonds. The number of rotatable bonds is 5. The standard InChI is InChI=1S/C16H17F4N5O2/c17-11-4-21-14(22-5-11)26-9-15-3-1-2-10(15)6-25(8-15)7-12-23-24-13(27-12)16(18,19)20/h4-5,10H,1-3,6-9H2. The van der Waals surface area contributed by atoms with Crippen LogP contribution >= 0.6 is 0 Å². The smallest absolute Gasteiger partial charge is 0.463 e. The lowest BCUT2D eigenvalue weighted by atomic mass is 9.82. The van der Waals surface area contributed by atoms with Gasteiger partial charge in [0.1, 0.15) is 0 Å². The van der Waals surface area contributed by atoms with Crippen molar-refractivity contribution in [3.63, 3.8) is 0 Å². The average molecular weight is 387 g/mol. The van der Waals surface area contributed by atoms with Crippen LogP contribution in [0, 0.1) is 17.2 Å². The Morgan fingerprint density at radius 3 is 2.74 bits per heavy atom. The molecule has 11 heteroatoms. The van der Waals surface area contributed by atoms with Crippen molar-refractivity contribution in [2.45, 2.75) is 32.0 Å². The lowest BCUT2D eigenvalue weighted by molar-refractivity contribution is -0.157. The number of fused-ring (bicyclic) bond motifs is 1. The van der Waals surface area contributed by atoms with Gasteiger partial charge in [0.15, 0.2) is 5.82 Å². The quantitative estimate of drug-likeness (QED) is 0.730. The highest BCUT2D eigenvalue weighted by Crippen LogP contribution is 2.49. The van der Waals surface area contributed by atoms with Crippen LogP contribution in [-0.2, 0) is 12.7 Å². The summed E-state index contributed by atoms with van der Waals surface area (Å²) in [5, 5.41) is 6.56. The van der Waals surface area contributed by atoms with Crippen LogP contribution in [0.2, 0.25) is 0 Å². The summed E-state index contributed by atoms with van der Waals surface area (Å²) in [5.74, 6) is -1.57. The minimum absolute atomic E-state index is 0.0553. The first-order valence-corrected chi connectivity index (χ1v) is 8.56. The van der Waals surface area contributed by atoms with E-state index in [4.69, 9.17) is 9.15 Å². The van der Waals surface area contributed by atoms with E-state index in [1.165, 1.54) is 0 Å². The number of hydrogen-bond donors (Lipinski definition) is 0. The minimum atomic E-state index is -4.64. The summed E-state index contributed by atoms with van der Waals surface area (Å²) in [5.41, 5.74) is -0.134. The largest absolute Gasteiger partial charge is 0.470 e. The molecule has 2 fully saturated rings. The van der Waals surface area contributed by atoms with E-state index >= 15 is 0 Å². The monoisotopic (exact) mass is 387 g/mol. The summed E-state index contributed by atoms with van der Waals surface area (Å²) < 4.78 is 61.1. The van der Waals surface area contributed by atoms with Crippen LogP contribution in [-0.4, -0.2) is 44.8 Å². The Bertz CT molecular complexity index is 797. The molecule has 1 saturated carbocycles. The molecule has 0 aromatic carbocycles. The zero-order valence-corrected chi connectivity index (χ0v) is 14.2. The van der Waals surface area contributed by atoms with Crippen molar-refractivity contribution < 1.29 is 26.7 Å². The third kappa shape index (κ3) is 3.73. The van der Waals surface area contributed by atoms with Crippen molar-refractivity contribution in [2.75, 3.05) is 19.7 Å². The number of likely N-dealkylation sites (tertiary alicyclic amines) is 1. The van der Waals surface area contributed by atoms with E-state index in [0.29, 0.717) is 19.1 Å². The highest BCUT2D eigenvalue weighted by molar-refractivity contribution is 5.04. The van der Waals surface area contributed by atoms with Gasteiger partial charge in [-0.2, -0.15) is 13.2 Å². The summed E-state index contributed by atoms with van der Waals surface area (Å²) >= 11 is 0. The molecule has 2 unspecified atom stereocenters. The van der Waals surface area contributed by atoms with Crippen molar-refractivity contribution in [1.29, 1.82) is 0 Å². The van der Waals surface area contributed by atoms with Crippen LogP contribution in [0.3, 0.4) is 0 Å². The molecule has 1 saturated heterocycles. The predicted octanol–water partition coefficient (Wildman–Crippen LogP) is 2.70. The molecular weight excluding hydrogens is 370 g/mol. The molecule has 0 N–H and O–H groups in total. The Morgan fingerprint density at radius 2 is 2.04 bits per heavy atom. The van der Waals surface area contributed by atoms with Gasteiger partial charge in [-0.25, -0.2) is 14.4 Å². The van der Waals surface area contributed by atoms with E-state index < -0.39 is 17.9 Å². The van der Waals surface area contributed by atoms with Crippen LogP contribution in [0.15, 0.2) is 16.8 Å². The molecular formula is C16H17F4N5O2. The molecule has 0 bridgehead atoms. The Labute approximate surface area is 151 Å². The van der Waals surface area contributed by atoms with Crippen molar-refractivity contribution in [2.24, 2.45) is 11.3 Å². The fraction of sp³-hybridized carbons (Fsp3) is 0.625. The van der Waals surface area contributed by atoms with Crippen molar-refractivity contribution >= 4 is 0 Å². The molecule has 27 heavy (non-hydrogen) atoms. The van der Waals surface area contributed by atoms with E-state index in [9.17, 15) is 17.6 Å². The number of nitrogens with zero attached hydrogens (tertiary/aromatic N) is 5. The SMILES string of the molecule is Fc1cnc(OCC23CCCC2CN(Cc2nnc(C(F)(F)F)o2)C3)nc1. The van der Waals surface area contributed by atoms with Crippen LogP contribution in [0.25, 0.3) is 0 Å². The maximum absolute atomic E-state index is 12.9. The molecule has 2 aromatic rings. The summed E-state index contributed by atoms with van der Waals surface area (Å²) in [4.78, 5) is 9.61. The molecule has 7 nitrogen and oxygen atoms in total. The third-order valence-electron chi connectivity index (χ3n) is 5.26. The molecule has 146 valence electrons. The molecule has 2 aliphatic rings. The number of hydrogen-bond acceptors (Lipinski definition) is 7. The van der Waals surface area contributed by atoms with Crippen molar-refractivity contribution in [3.8, 4) is 6.01 Å². The Kier molecular flexibility index (Phi) is 4.49. The van der Waals surface area contributed by atoms with Crippen LogP contribution < -0.4 is 4.74 Å². The summed E-state index contributed by atoms with van der Waals surface area (Å²) in [6.07, 6.45) is 0.457. The number of halogens is 4. The zero-order chi connectivity index (χ0) is 19.1. The Hall–Kier alpha value is -2.30. The first kappa shape index (κ1) is 18.1. The van der Waals surface area contributed by atoms with Gasteiger partial charge < -0.3 is 9.15 Å². The van der Waals surface area contributed by atoms with Gasteiger partial charge in [-0.05, 0) is 18.8 Å². The molecule has 4 rings (SSSR count). The van der Waals surface area contributed by atoms with E-state index in [-0.39, 0.29) is 23.9 Å². The summed E-state index contributed by atoms with van der Waals surface area (Å²) in [6.45, 7) is 1.89. The Morgan fingerprint density at radius 1 is 1.26 bits per heavy atom. The molecule has 1 aliphatic carbocycles. The first-order valence-electron chi connectivity index (χ1n) is 8.56. The molecule has 3 heterocycles. The number of alkyl halides is 3. The summed E-state index contributed by atoms with van der Waals surface area (Å²) in [7, 11) is 0. The average Bonchev–Trinajstić information content (AvgIpc) is 3.28. The normalized spacial score (nSPS) is 25.7. The van der Waals surface area contributed by atoms with Gasteiger partial charge in [-0.15, -0.1) is 10.2 Å². The second-order valence-electron chi connectivity index (χ2n) is 7.09. The van der Waals surface area contributed by atoms with Crippen LogP contribution in [0.1, 0.15) is 31.0 Å². The Balaban J connectivity index is 1.40. The predicted molar refractivity (Wildman–Crippen MR) is 81.8 cm³/mol. The molecule has 2 atom stereocenters. The van der Waals surface area contributed by atoms with Crippen molar-refractivity contribution in [3.05, 3.63) is 30.0 Å². The second-order valence-corrected chi connectivity index (χ2v) is 7.09. The van der Waals surface area contributed by atoms with Gasteiger partial charge in [0, 0.05) is 18.5 Å². The fourth-order valence-electron chi connectivity index (χ4n) is 4.09. The van der Waals surface area contributed by atoms with Crippen LogP contribution in [0.5, 0.6) is 6.01 Å². The fourth-order valence-corrected chi connectivity index (χ4v) is 4.09. The topological polar surface area (TPSA) is 77.2 Å². The first-order chi connectivity index (χ1) is 12.8. The van der Waals surface area contributed by atoms with Gasteiger partial charge >= 0.3 is 18.1 Å². The van der Waals surface area contributed by atoms with Crippen LogP contribution in [0.4, 0.5) is 17.6 Å². The third-order valence-corrected chi connectivity index (χ3v) is 5.26. The number of ether oxygens (including phenoxy) is 1. The zero-order valence-electron chi connectivity index (χ0n) is 14.2. The maximum atomic E-state index is 12.9. The highest BCUT2D eigenvalue weighted by atomic mass is 19.4. The highest BCUT2D eigenvalue weighted by Gasteiger charge is 2.50. The van der Waals surface area contributed by atoms with Crippen molar-refractivity contribution in [1.82, 2.24) is 25.1 Å². The summed E-state index contributed by atoms with van der Waals surface area (Å²) in [6, 6.07) is 0.113. The van der Waals surface area contributed by atoms with E-state index in [2.05, 4.69) is 20.2 Å². The van der Waals surface area contributed by atoms with Gasteiger partial charge in [-0.1, -0.05) is 6.42 Å². The van der Waals surface area contributed by atoms with E-state index in [1.807, 2.05) is 4.90 Å².